The molecule has 0 radical (unpaired) electrons. The number of aliphatic carboxylic acids is 1. The second-order valence-electron chi connectivity index (χ2n) is 5.78. The molecule has 0 fully saturated rings. The van der Waals surface area contributed by atoms with Gasteiger partial charge in [-0.15, -0.1) is 0 Å². The Morgan fingerprint density at radius 1 is 1.23 bits per heavy atom. The number of benzene rings is 1. The van der Waals surface area contributed by atoms with Crippen LogP contribution in [0.2, 0.25) is 0 Å². The largest absolute Gasteiger partial charge is 0.550 e. The molecule has 6 heteroatoms. The summed E-state index contributed by atoms with van der Waals surface area (Å²) in [5, 5.41) is 13.4. The summed E-state index contributed by atoms with van der Waals surface area (Å²) in [4.78, 5) is 22.7. The Hall–Kier alpha value is -2.24. The number of carbonyl (C=O) groups excluding carboxylic acids is 2. The summed E-state index contributed by atoms with van der Waals surface area (Å²) in [5.74, 6) is -0.578. The molecule has 0 bridgehead atoms. The third-order valence-electron chi connectivity index (χ3n) is 2.66. The monoisotopic (exact) mass is 308 g/mol. The first-order chi connectivity index (χ1) is 10.2. The van der Waals surface area contributed by atoms with Crippen molar-refractivity contribution in [1.82, 2.24) is 5.32 Å². The Balaban J connectivity index is 2.83. The van der Waals surface area contributed by atoms with Gasteiger partial charge in [0.2, 0.25) is 0 Å². The Bertz CT molecular complexity index is 504. The lowest BCUT2D eigenvalue weighted by atomic mass is 10.0. The molecule has 0 saturated heterocycles. The van der Waals surface area contributed by atoms with Crippen LogP contribution in [0.4, 0.5) is 4.79 Å². The number of alkyl carbamates (subject to hydrolysis) is 1. The van der Waals surface area contributed by atoms with Crippen molar-refractivity contribution in [3.8, 4) is 5.75 Å². The van der Waals surface area contributed by atoms with Crippen LogP contribution < -0.4 is 15.2 Å². The molecule has 0 aliphatic heterocycles. The highest BCUT2D eigenvalue weighted by molar-refractivity contribution is 5.71. The molecular formula is C16H22NO5-. The number of carboxylic acids is 1. The van der Waals surface area contributed by atoms with Gasteiger partial charge in [0.05, 0.1) is 12.6 Å². The van der Waals surface area contributed by atoms with E-state index < -0.39 is 23.7 Å². The van der Waals surface area contributed by atoms with Gasteiger partial charge in [-0.05, 0) is 45.4 Å². The smallest absolute Gasteiger partial charge is 0.408 e. The first-order valence-corrected chi connectivity index (χ1v) is 7.13. The Kier molecular flexibility index (Phi) is 6.22. The summed E-state index contributed by atoms with van der Waals surface area (Å²) in [5.41, 5.74) is -0.0203. The predicted molar refractivity (Wildman–Crippen MR) is 79.3 cm³/mol. The van der Waals surface area contributed by atoms with Gasteiger partial charge < -0.3 is 24.7 Å². The van der Waals surface area contributed by atoms with Crippen LogP contribution in [0.5, 0.6) is 5.75 Å². The van der Waals surface area contributed by atoms with E-state index in [1.165, 1.54) is 0 Å². The minimum Gasteiger partial charge on any atom is -0.550 e. The normalized spacial score (nSPS) is 12.4. The van der Waals surface area contributed by atoms with Gasteiger partial charge in [0.15, 0.2) is 0 Å². The first-order valence-electron chi connectivity index (χ1n) is 7.13. The van der Waals surface area contributed by atoms with E-state index >= 15 is 0 Å². The van der Waals surface area contributed by atoms with Crippen LogP contribution in [0, 0.1) is 0 Å². The van der Waals surface area contributed by atoms with Gasteiger partial charge in [-0.1, -0.05) is 12.1 Å². The summed E-state index contributed by atoms with van der Waals surface area (Å²) in [6.07, 6.45) is -1.01. The molecule has 122 valence electrons. The number of rotatable bonds is 6. The van der Waals surface area contributed by atoms with Gasteiger partial charge in [0.25, 0.3) is 0 Å². The zero-order valence-electron chi connectivity index (χ0n) is 13.3. The lowest BCUT2D eigenvalue weighted by Crippen LogP contribution is -2.37. The molecule has 1 atom stereocenters. The number of hydrogen-bond donors (Lipinski definition) is 1. The van der Waals surface area contributed by atoms with Gasteiger partial charge in [-0.3, -0.25) is 0 Å². The van der Waals surface area contributed by atoms with E-state index in [0.717, 1.165) is 0 Å². The first kappa shape index (κ1) is 17.8. The molecule has 1 aromatic carbocycles. The average Bonchev–Trinajstić information content (AvgIpc) is 2.36. The van der Waals surface area contributed by atoms with E-state index in [-0.39, 0.29) is 6.42 Å². The summed E-state index contributed by atoms with van der Waals surface area (Å²) in [6, 6.07) is 6.12. The van der Waals surface area contributed by atoms with Crippen molar-refractivity contribution < 1.29 is 24.2 Å². The summed E-state index contributed by atoms with van der Waals surface area (Å²) in [6.45, 7) is 7.61. The molecule has 0 heterocycles. The summed E-state index contributed by atoms with van der Waals surface area (Å²) < 4.78 is 10.5. The molecule has 1 N–H and O–H groups in total. The quantitative estimate of drug-likeness (QED) is 0.865. The highest BCUT2D eigenvalue weighted by Crippen LogP contribution is 2.21. The lowest BCUT2D eigenvalue weighted by molar-refractivity contribution is -0.306. The molecule has 0 spiro atoms. The van der Waals surface area contributed by atoms with Crippen molar-refractivity contribution in [2.45, 2.75) is 45.8 Å². The standard InChI is InChI=1S/C16H23NO5/c1-5-21-12-8-6-11(7-9-12)13(10-14(18)19)17-15(20)22-16(2,3)4/h6-9,13H,5,10H2,1-4H3,(H,17,20)(H,18,19)/p-1/t13-/m1/s1. The third-order valence-corrected chi connectivity index (χ3v) is 2.66. The Morgan fingerprint density at radius 2 is 1.82 bits per heavy atom. The van der Waals surface area contributed by atoms with Gasteiger partial charge in [-0.2, -0.15) is 0 Å². The maximum Gasteiger partial charge on any atom is 0.408 e. The second kappa shape index (κ2) is 7.68. The van der Waals surface area contributed by atoms with Crippen LogP contribution in [-0.4, -0.2) is 24.3 Å². The van der Waals surface area contributed by atoms with E-state index in [4.69, 9.17) is 9.47 Å². The van der Waals surface area contributed by atoms with Crippen molar-refractivity contribution in [3.05, 3.63) is 29.8 Å². The molecule has 1 aromatic rings. The second-order valence-corrected chi connectivity index (χ2v) is 5.78. The molecule has 0 unspecified atom stereocenters. The maximum absolute atomic E-state index is 11.8. The molecule has 22 heavy (non-hydrogen) atoms. The molecule has 1 amide bonds. The minimum atomic E-state index is -1.25. The van der Waals surface area contributed by atoms with Crippen molar-refractivity contribution in [2.75, 3.05) is 6.61 Å². The van der Waals surface area contributed by atoms with E-state index in [1.807, 2.05) is 6.92 Å². The highest BCUT2D eigenvalue weighted by atomic mass is 16.6. The predicted octanol–water partition coefficient (Wildman–Crippen LogP) is 1.79. The molecule has 0 aromatic heterocycles. The SMILES string of the molecule is CCOc1ccc([C@@H](CC(=O)[O-])NC(=O)OC(C)(C)C)cc1. The van der Waals surface area contributed by atoms with Crippen molar-refractivity contribution >= 4 is 12.1 Å². The Morgan fingerprint density at radius 3 is 2.27 bits per heavy atom. The van der Waals surface area contributed by atoms with Crippen molar-refractivity contribution in [3.63, 3.8) is 0 Å². The van der Waals surface area contributed by atoms with E-state index in [9.17, 15) is 14.7 Å². The molecule has 0 aliphatic rings. The van der Waals surface area contributed by atoms with Crippen LogP contribution in [0.3, 0.4) is 0 Å². The third kappa shape index (κ3) is 6.47. The van der Waals surface area contributed by atoms with E-state index in [1.54, 1.807) is 45.0 Å². The van der Waals surface area contributed by atoms with Gasteiger partial charge in [0.1, 0.15) is 11.4 Å². The number of amides is 1. The highest BCUT2D eigenvalue weighted by Gasteiger charge is 2.20. The summed E-state index contributed by atoms with van der Waals surface area (Å²) in [7, 11) is 0. The summed E-state index contributed by atoms with van der Waals surface area (Å²) >= 11 is 0. The topological polar surface area (TPSA) is 87.7 Å². The maximum atomic E-state index is 11.8. The van der Waals surface area contributed by atoms with Crippen molar-refractivity contribution in [1.29, 1.82) is 0 Å². The fourth-order valence-corrected chi connectivity index (χ4v) is 1.83. The molecule has 1 rings (SSSR count). The van der Waals surface area contributed by atoms with Crippen LogP contribution in [0.15, 0.2) is 24.3 Å². The number of carboxylic acid groups (broad SMARTS) is 1. The number of ether oxygens (including phenoxy) is 2. The molecule has 0 aliphatic carbocycles. The zero-order chi connectivity index (χ0) is 16.8. The van der Waals surface area contributed by atoms with E-state index in [2.05, 4.69) is 5.32 Å². The van der Waals surface area contributed by atoms with Gasteiger partial charge >= 0.3 is 6.09 Å². The lowest BCUT2D eigenvalue weighted by Gasteiger charge is -2.24. The van der Waals surface area contributed by atoms with Crippen LogP contribution in [0.1, 0.15) is 45.7 Å². The van der Waals surface area contributed by atoms with Crippen LogP contribution in [0.25, 0.3) is 0 Å². The fourth-order valence-electron chi connectivity index (χ4n) is 1.83. The van der Waals surface area contributed by atoms with Crippen molar-refractivity contribution in [2.24, 2.45) is 0 Å². The van der Waals surface area contributed by atoms with Gasteiger partial charge in [0, 0.05) is 12.4 Å². The van der Waals surface area contributed by atoms with E-state index in [0.29, 0.717) is 17.9 Å². The van der Waals surface area contributed by atoms with Gasteiger partial charge in [-0.25, -0.2) is 4.79 Å². The average molecular weight is 308 g/mol. The zero-order valence-corrected chi connectivity index (χ0v) is 13.3. The number of hydrogen-bond acceptors (Lipinski definition) is 5. The number of nitrogens with one attached hydrogen (secondary N) is 1. The Labute approximate surface area is 130 Å². The van der Waals surface area contributed by atoms with Crippen LogP contribution >= 0.6 is 0 Å². The fraction of sp³-hybridized carbons (Fsp3) is 0.500. The molecule has 6 nitrogen and oxygen atoms in total. The molecular weight excluding hydrogens is 286 g/mol. The molecule has 0 saturated carbocycles. The number of carbonyl (C=O) groups is 2. The minimum absolute atomic E-state index is 0.340. The van der Waals surface area contributed by atoms with Crippen LogP contribution in [-0.2, 0) is 9.53 Å².